The van der Waals surface area contributed by atoms with Crippen molar-refractivity contribution >= 4 is 11.8 Å². The van der Waals surface area contributed by atoms with Crippen molar-refractivity contribution in [1.82, 2.24) is 25.1 Å². The molecule has 1 atom stereocenters. The first-order chi connectivity index (χ1) is 16.0. The molecule has 2 amide bonds. The van der Waals surface area contributed by atoms with Crippen LogP contribution in [0.5, 0.6) is 0 Å². The summed E-state index contributed by atoms with van der Waals surface area (Å²) in [5.41, 5.74) is 3.98. The fourth-order valence-corrected chi connectivity index (χ4v) is 4.75. The van der Waals surface area contributed by atoms with Crippen LogP contribution in [0.3, 0.4) is 0 Å². The zero-order valence-corrected chi connectivity index (χ0v) is 19.2. The Balaban J connectivity index is 1.23. The normalized spacial score (nSPS) is 17.9. The van der Waals surface area contributed by atoms with Crippen LogP contribution < -0.4 is 5.32 Å². The summed E-state index contributed by atoms with van der Waals surface area (Å²) < 4.78 is 0. The molecule has 0 unspecified atom stereocenters. The van der Waals surface area contributed by atoms with E-state index in [1.165, 1.54) is 11.1 Å². The first-order valence-corrected chi connectivity index (χ1v) is 11.8. The Morgan fingerprint density at radius 2 is 2.00 bits per heavy atom. The lowest BCUT2D eigenvalue weighted by Gasteiger charge is -2.31. The highest BCUT2D eigenvalue weighted by atomic mass is 16.3. The highest BCUT2D eigenvalue weighted by Crippen LogP contribution is 2.21. The number of hydrogen-bond acceptors (Lipinski definition) is 6. The number of aliphatic hydroxyl groups is 1. The largest absolute Gasteiger partial charge is 0.390 e. The van der Waals surface area contributed by atoms with E-state index in [1.54, 1.807) is 19.2 Å². The standard InChI is InChI=1S/C25H33N5O3/c1-18(31)30-10-4-19(5-11-30)12-23-13-21(3-8-27-23)25(33)28-15-24(32)17-29-9-6-20-2-7-26-14-22(20)16-29/h2-3,7-8,13-14,19,24,32H,4-6,9-12,15-17H2,1H3,(H,28,33)/t24-/m0/s1. The molecule has 4 rings (SSSR count). The van der Waals surface area contributed by atoms with Gasteiger partial charge in [-0.2, -0.15) is 0 Å². The van der Waals surface area contributed by atoms with Crippen LogP contribution in [0.4, 0.5) is 0 Å². The second kappa shape index (κ2) is 10.9. The lowest BCUT2D eigenvalue weighted by molar-refractivity contribution is -0.130. The zero-order chi connectivity index (χ0) is 23.2. The van der Waals surface area contributed by atoms with Gasteiger partial charge in [0.05, 0.1) is 6.10 Å². The predicted octanol–water partition coefficient (Wildman–Crippen LogP) is 1.43. The van der Waals surface area contributed by atoms with Gasteiger partial charge in [0.2, 0.25) is 5.91 Å². The Bertz CT molecular complexity index is 974. The van der Waals surface area contributed by atoms with Crippen molar-refractivity contribution in [3.05, 3.63) is 59.2 Å². The molecule has 8 nitrogen and oxygen atoms in total. The number of fused-ring (bicyclic) bond motifs is 1. The SMILES string of the molecule is CC(=O)N1CCC(Cc2cc(C(=O)NC[C@H](O)CN3CCc4ccncc4C3)ccn2)CC1. The van der Waals surface area contributed by atoms with Crippen LogP contribution in [0.2, 0.25) is 0 Å². The Hall–Kier alpha value is -2.84. The molecular weight excluding hydrogens is 418 g/mol. The average Bonchev–Trinajstić information content (AvgIpc) is 2.83. The summed E-state index contributed by atoms with van der Waals surface area (Å²) in [5, 5.41) is 13.3. The number of aromatic nitrogens is 2. The molecule has 2 N–H and O–H groups in total. The molecule has 0 bridgehead atoms. The lowest BCUT2D eigenvalue weighted by atomic mass is 9.91. The zero-order valence-electron chi connectivity index (χ0n) is 19.2. The molecule has 2 aromatic rings. The molecule has 176 valence electrons. The van der Waals surface area contributed by atoms with Gasteiger partial charge < -0.3 is 15.3 Å². The van der Waals surface area contributed by atoms with Gasteiger partial charge in [-0.05, 0) is 60.9 Å². The fourth-order valence-electron chi connectivity index (χ4n) is 4.75. The maximum atomic E-state index is 12.7. The minimum Gasteiger partial charge on any atom is -0.390 e. The van der Waals surface area contributed by atoms with E-state index in [9.17, 15) is 14.7 Å². The van der Waals surface area contributed by atoms with Crippen molar-refractivity contribution in [2.75, 3.05) is 32.7 Å². The number of likely N-dealkylation sites (tertiary alicyclic amines) is 1. The maximum absolute atomic E-state index is 12.7. The smallest absolute Gasteiger partial charge is 0.251 e. The van der Waals surface area contributed by atoms with E-state index in [0.717, 1.165) is 57.6 Å². The Kier molecular flexibility index (Phi) is 7.67. The van der Waals surface area contributed by atoms with Gasteiger partial charge in [0, 0.05) is 76.0 Å². The van der Waals surface area contributed by atoms with Gasteiger partial charge in [-0.3, -0.25) is 24.5 Å². The molecule has 0 radical (unpaired) electrons. The van der Waals surface area contributed by atoms with Crippen LogP contribution in [0.15, 0.2) is 36.8 Å². The highest BCUT2D eigenvalue weighted by Gasteiger charge is 2.22. The molecule has 2 aliphatic heterocycles. The molecule has 2 aliphatic rings. The first kappa shape index (κ1) is 23.3. The van der Waals surface area contributed by atoms with E-state index in [2.05, 4.69) is 26.3 Å². The van der Waals surface area contributed by atoms with Gasteiger partial charge in [-0.1, -0.05) is 0 Å². The summed E-state index contributed by atoms with van der Waals surface area (Å²) in [6, 6.07) is 5.60. The third-order valence-corrected chi connectivity index (χ3v) is 6.70. The van der Waals surface area contributed by atoms with Crippen LogP contribution in [0.25, 0.3) is 0 Å². The topological polar surface area (TPSA) is 98.7 Å². The Labute approximate surface area is 195 Å². The van der Waals surface area contributed by atoms with E-state index >= 15 is 0 Å². The number of hydrogen-bond donors (Lipinski definition) is 2. The molecule has 0 spiro atoms. The Morgan fingerprint density at radius 1 is 1.18 bits per heavy atom. The monoisotopic (exact) mass is 451 g/mol. The number of pyridine rings is 2. The highest BCUT2D eigenvalue weighted by molar-refractivity contribution is 5.94. The number of carbonyl (C=O) groups is 2. The summed E-state index contributed by atoms with van der Waals surface area (Å²) in [6.07, 6.45) is 8.42. The van der Waals surface area contributed by atoms with Crippen molar-refractivity contribution in [2.24, 2.45) is 5.92 Å². The van der Waals surface area contributed by atoms with Crippen molar-refractivity contribution in [3.8, 4) is 0 Å². The molecule has 4 heterocycles. The van der Waals surface area contributed by atoms with Gasteiger partial charge >= 0.3 is 0 Å². The number of piperidine rings is 1. The Morgan fingerprint density at radius 3 is 2.79 bits per heavy atom. The lowest BCUT2D eigenvalue weighted by Crippen LogP contribution is -2.42. The third-order valence-electron chi connectivity index (χ3n) is 6.70. The van der Waals surface area contributed by atoms with Crippen LogP contribution in [0.1, 0.15) is 46.9 Å². The molecular formula is C25H33N5O3. The first-order valence-electron chi connectivity index (χ1n) is 11.8. The summed E-state index contributed by atoms with van der Waals surface area (Å²) in [4.78, 5) is 36.9. The second-order valence-electron chi connectivity index (χ2n) is 9.18. The van der Waals surface area contributed by atoms with Gasteiger partial charge in [0.1, 0.15) is 0 Å². The predicted molar refractivity (Wildman–Crippen MR) is 124 cm³/mol. The fraction of sp³-hybridized carbons (Fsp3) is 0.520. The second-order valence-corrected chi connectivity index (χ2v) is 9.18. The van der Waals surface area contributed by atoms with E-state index in [1.807, 2.05) is 23.4 Å². The van der Waals surface area contributed by atoms with E-state index < -0.39 is 6.10 Å². The van der Waals surface area contributed by atoms with Gasteiger partial charge in [0.15, 0.2) is 0 Å². The average molecular weight is 452 g/mol. The molecule has 8 heteroatoms. The number of nitrogens with zero attached hydrogens (tertiary/aromatic N) is 4. The minimum atomic E-state index is -0.639. The molecule has 0 saturated carbocycles. The van der Waals surface area contributed by atoms with Gasteiger partial charge in [-0.25, -0.2) is 0 Å². The molecule has 0 aromatic carbocycles. The summed E-state index contributed by atoms with van der Waals surface area (Å²) in [5.74, 6) is 0.407. The quantitative estimate of drug-likeness (QED) is 0.661. The summed E-state index contributed by atoms with van der Waals surface area (Å²) in [7, 11) is 0. The van der Waals surface area contributed by atoms with Crippen molar-refractivity contribution in [1.29, 1.82) is 0 Å². The third kappa shape index (κ3) is 6.36. The minimum absolute atomic E-state index is 0.134. The van der Waals surface area contributed by atoms with Crippen molar-refractivity contribution in [2.45, 2.75) is 45.3 Å². The van der Waals surface area contributed by atoms with Crippen molar-refractivity contribution in [3.63, 3.8) is 0 Å². The van der Waals surface area contributed by atoms with Gasteiger partial charge in [0.25, 0.3) is 5.91 Å². The van der Waals surface area contributed by atoms with Crippen LogP contribution >= 0.6 is 0 Å². The van der Waals surface area contributed by atoms with E-state index in [-0.39, 0.29) is 18.4 Å². The van der Waals surface area contributed by atoms with Crippen LogP contribution in [0, 0.1) is 5.92 Å². The number of amides is 2. The van der Waals surface area contributed by atoms with Crippen LogP contribution in [-0.4, -0.2) is 75.5 Å². The summed E-state index contributed by atoms with van der Waals surface area (Å²) in [6.45, 7) is 5.57. The van der Waals surface area contributed by atoms with E-state index in [4.69, 9.17) is 0 Å². The molecule has 33 heavy (non-hydrogen) atoms. The van der Waals surface area contributed by atoms with E-state index in [0.29, 0.717) is 18.0 Å². The molecule has 1 saturated heterocycles. The molecule has 0 aliphatic carbocycles. The number of carbonyl (C=O) groups excluding carboxylic acids is 2. The molecule has 2 aromatic heterocycles. The summed E-state index contributed by atoms with van der Waals surface area (Å²) >= 11 is 0. The van der Waals surface area contributed by atoms with Crippen LogP contribution in [-0.2, 0) is 24.2 Å². The number of β-amino-alcohol motifs (C(OH)–C–C–N with tert-alkyl or cyclic N) is 1. The number of rotatable bonds is 7. The van der Waals surface area contributed by atoms with Crippen molar-refractivity contribution < 1.29 is 14.7 Å². The number of nitrogens with one attached hydrogen (secondary N) is 1. The van der Waals surface area contributed by atoms with Gasteiger partial charge in [-0.15, -0.1) is 0 Å². The molecule has 1 fully saturated rings. The number of aliphatic hydroxyl groups excluding tert-OH is 1. The maximum Gasteiger partial charge on any atom is 0.251 e.